The first-order chi connectivity index (χ1) is 13.9. The first-order valence-corrected chi connectivity index (χ1v) is 11.5. The van der Waals surface area contributed by atoms with Gasteiger partial charge < -0.3 is 13.8 Å². The summed E-state index contributed by atoms with van der Waals surface area (Å²) in [6, 6.07) is 13.7. The second-order valence-corrected chi connectivity index (χ2v) is 9.14. The third-order valence-corrected chi connectivity index (χ3v) is 6.17. The molecular formula is C21H24ClNO5S. The maximum absolute atomic E-state index is 13.2. The van der Waals surface area contributed by atoms with E-state index in [1.807, 2.05) is 6.07 Å². The predicted octanol–water partition coefficient (Wildman–Crippen LogP) is 3.89. The summed E-state index contributed by atoms with van der Waals surface area (Å²) in [6.07, 6.45) is 1.84. The maximum Gasteiger partial charge on any atom is 0.308 e. The van der Waals surface area contributed by atoms with E-state index in [9.17, 15) is 13.2 Å². The predicted molar refractivity (Wildman–Crippen MR) is 112 cm³/mol. The van der Waals surface area contributed by atoms with Gasteiger partial charge in [0.2, 0.25) is 0 Å². The summed E-state index contributed by atoms with van der Waals surface area (Å²) in [5, 5.41) is 0.390. The van der Waals surface area contributed by atoms with Crippen molar-refractivity contribution in [1.82, 2.24) is 4.90 Å². The fourth-order valence-corrected chi connectivity index (χ4v) is 3.91. The molecule has 8 heteroatoms. The molecule has 1 fully saturated rings. The van der Waals surface area contributed by atoms with Crippen molar-refractivity contribution in [2.45, 2.75) is 32.4 Å². The second kappa shape index (κ2) is 9.61. The minimum absolute atomic E-state index is 0.0265. The number of carbonyl (C=O) groups excluding carboxylic acids is 1. The molecule has 0 radical (unpaired) electrons. The molecule has 0 bridgehead atoms. The van der Waals surface area contributed by atoms with Crippen LogP contribution in [0.25, 0.3) is 0 Å². The van der Waals surface area contributed by atoms with Crippen molar-refractivity contribution >= 4 is 27.6 Å². The SMILES string of the molecule is CCS(=O)(=O)Oc1cccc(CN(C[C@@H]2CCCO2)C(=O)c2ccccc2Cl)c1. The van der Waals surface area contributed by atoms with Gasteiger partial charge >= 0.3 is 10.1 Å². The standard InChI is InChI=1S/C21H24ClNO5S/c1-2-29(25,26)28-17-8-5-7-16(13-17)14-23(15-18-9-6-12-27-18)21(24)19-10-3-4-11-20(19)22/h3-5,7-8,10-11,13,18H,2,6,9,12,14-15H2,1H3/t18-/m0/s1. The van der Waals surface area contributed by atoms with E-state index in [1.165, 1.54) is 6.92 Å². The highest BCUT2D eigenvalue weighted by Gasteiger charge is 2.25. The summed E-state index contributed by atoms with van der Waals surface area (Å²) in [6.45, 7) is 2.93. The van der Waals surface area contributed by atoms with Crippen LogP contribution in [0.1, 0.15) is 35.7 Å². The molecule has 1 amide bonds. The van der Waals surface area contributed by atoms with E-state index < -0.39 is 10.1 Å². The summed E-state index contributed by atoms with van der Waals surface area (Å²) < 4.78 is 34.3. The van der Waals surface area contributed by atoms with Crippen LogP contribution in [0.5, 0.6) is 5.75 Å². The van der Waals surface area contributed by atoms with Gasteiger partial charge in [0.15, 0.2) is 0 Å². The van der Waals surface area contributed by atoms with Crippen molar-refractivity contribution in [2.75, 3.05) is 18.9 Å². The zero-order chi connectivity index (χ0) is 20.9. The number of hydrogen-bond donors (Lipinski definition) is 0. The molecule has 0 spiro atoms. The number of nitrogens with zero attached hydrogens (tertiary/aromatic N) is 1. The highest BCUT2D eigenvalue weighted by Crippen LogP contribution is 2.23. The Morgan fingerprint density at radius 2 is 2.03 bits per heavy atom. The molecule has 3 rings (SSSR count). The van der Waals surface area contributed by atoms with Crippen LogP contribution in [0.15, 0.2) is 48.5 Å². The summed E-state index contributed by atoms with van der Waals surface area (Å²) in [7, 11) is -3.62. The molecule has 1 aliphatic heterocycles. The van der Waals surface area contributed by atoms with Gasteiger partial charge in [0.25, 0.3) is 5.91 Å². The summed E-state index contributed by atoms with van der Waals surface area (Å²) in [5.74, 6) is -0.0851. The van der Waals surface area contributed by atoms with E-state index >= 15 is 0 Å². The topological polar surface area (TPSA) is 72.9 Å². The van der Waals surface area contributed by atoms with E-state index in [-0.39, 0.29) is 30.1 Å². The van der Waals surface area contributed by atoms with Crippen molar-refractivity contribution in [3.05, 3.63) is 64.7 Å². The van der Waals surface area contributed by atoms with E-state index in [0.29, 0.717) is 23.7 Å². The number of benzene rings is 2. The molecule has 2 aromatic rings. The van der Waals surface area contributed by atoms with Crippen molar-refractivity contribution in [1.29, 1.82) is 0 Å². The Hall–Kier alpha value is -2.09. The van der Waals surface area contributed by atoms with Crippen molar-refractivity contribution in [2.24, 2.45) is 0 Å². The van der Waals surface area contributed by atoms with Gasteiger partial charge in [0.1, 0.15) is 5.75 Å². The summed E-state index contributed by atoms with van der Waals surface area (Å²) >= 11 is 6.23. The van der Waals surface area contributed by atoms with Crippen LogP contribution in [0.4, 0.5) is 0 Å². The third-order valence-electron chi connectivity index (χ3n) is 4.69. The Morgan fingerprint density at radius 1 is 1.24 bits per heavy atom. The maximum atomic E-state index is 13.2. The highest BCUT2D eigenvalue weighted by molar-refractivity contribution is 7.87. The van der Waals surface area contributed by atoms with Gasteiger partial charge in [-0.3, -0.25) is 4.79 Å². The fourth-order valence-electron chi connectivity index (χ4n) is 3.18. The quantitative estimate of drug-likeness (QED) is 0.586. The molecule has 0 aromatic heterocycles. The minimum atomic E-state index is -3.62. The van der Waals surface area contributed by atoms with E-state index in [2.05, 4.69) is 0 Å². The zero-order valence-corrected chi connectivity index (χ0v) is 17.8. The summed E-state index contributed by atoms with van der Waals surface area (Å²) in [5.41, 5.74) is 1.18. The number of ether oxygens (including phenoxy) is 1. The lowest BCUT2D eigenvalue weighted by molar-refractivity contribution is 0.0507. The largest absolute Gasteiger partial charge is 0.382 e. The van der Waals surface area contributed by atoms with Crippen molar-refractivity contribution in [3.63, 3.8) is 0 Å². The lowest BCUT2D eigenvalue weighted by atomic mass is 10.1. The van der Waals surface area contributed by atoms with Crippen LogP contribution in [0.2, 0.25) is 5.02 Å². The molecule has 2 aromatic carbocycles. The number of halogens is 1. The monoisotopic (exact) mass is 437 g/mol. The van der Waals surface area contributed by atoms with Gasteiger partial charge in [-0.15, -0.1) is 0 Å². The number of amides is 1. The smallest absolute Gasteiger partial charge is 0.308 e. The average molecular weight is 438 g/mol. The van der Waals surface area contributed by atoms with E-state index in [1.54, 1.807) is 47.4 Å². The van der Waals surface area contributed by atoms with Gasteiger partial charge in [-0.1, -0.05) is 35.9 Å². The van der Waals surface area contributed by atoms with Crippen LogP contribution < -0.4 is 4.18 Å². The van der Waals surface area contributed by atoms with Crippen LogP contribution in [0.3, 0.4) is 0 Å². The lowest BCUT2D eigenvalue weighted by Gasteiger charge is -2.26. The average Bonchev–Trinajstić information content (AvgIpc) is 3.20. The molecule has 1 atom stereocenters. The molecule has 0 saturated carbocycles. The number of hydrogen-bond acceptors (Lipinski definition) is 5. The van der Waals surface area contributed by atoms with Crippen molar-refractivity contribution in [3.8, 4) is 5.75 Å². The van der Waals surface area contributed by atoms with Gasteiger partial charge in [-0.25, -0.2) is 0 Å². The van der Waals surface area contributed by atoms with Crippen LogP contribution in [-0.2, 0) is 21.4 Å². The molecule has 1 heterocycles. The van der Waals surface area contributed by atoms with Gasteiger partial charge in [0, 0.05) is 19.7 Å². The Morgan fingerprint density at radius 3 is 2.72 bits per heavy atom. The van der Waals surface area contributed by atoms with Gasteiger partial charge in [0.05, 0.1) is 22.4 Å². The summed E-state index contributed by atoms with van der Waals surface area (Å²) in [4.78, 5) is 14.9. The molecule has 29 heavy (non-hydrogen) atoms. The normalized spacial score (nSPS) is 16.6. The molecule has 156 valence electrons. The zero-order valence-electron chi connectivity index (χ0n) is 16.2. The highest BCUT2D eigenvalue weighted by atomic mass is 35.5. The lowest BCUT2D eigenvalue weighted by Crippen LogP contribution is -2.37. The molecule has 1 saturated heterocycles. The van der Waals surface area contributed by atoms with Gasteiger partial charge in [-0.05, 0) is 49.6 Å². The minimum Gasteiger partial charge on any atom is -0.382 e. The van der Waals surface area contributed by atoms with Crippen LogP contribution >= 0.6 is 11.6 Å². The van der Waals surface area contributed by atoms with E-state index in [4.69, 9.17) is 20.5 Å². The molecule has 6 nitrogen and oxygen atoms in total. The molecular weight excluding hydrogens is 414 g/mol. The first kappa shape index (κ1) is 21.6. The molecule has 0 aliphatic carbocycles. The van der Waals surface area contributed by atoms with E-state index in [0.717, 1.165) is 18.4 Å². The Labute approximate surface area is 176 Å². The van der Waals surface area contributed by atoms with Crippen LogP contribution in [0, 0.1) is 0 Å². The van der Waals surface area contributed by atoms with Crippen LogP contribution in [-0.4, -0.2) is 44.2 Å². The third kappa shape index (κ3) is 5.95. The number of rotatable bonds is 8. The number of carbonyl (C=O) groups is 1. The molecule has 1 aliphatic rings. The van der Waals surface area contributed by atoms with Gasteiger partial charge in [-0.2, -0.15) is 8.42 Å². The molecule has 0 N–H and O–H groups in total. The fraction of sp³-hybridized carbons (Fsp3) is 0.381. The Bertz CT molecular complexity index is 957. The second-order valence-electron chi connectivity index (χ2n) is 6.88. The Balaban J connectivity index is 1.83. The molecule has 0 unspecified atom stereocenters. The first-order valence-electron chi connectivity index (χ1n) is 9.54. The van der Waals surface area contributed by atoms with Crippen molar-refractivity contribution < 1.29 is 22.1 Å². The Kier molecular flexibility index (Phi) is 7.16.